The molecule has 1 heterocycles. The van der Waals surface area contributed by atoms with Crippen LogP contribution in [0.4, 0.5) is 0 Å². The fourth-order valence-corrected chi connectivity index (χ4v) is 4.89. The lowest BCUT2D eigenvalue weighted by Crippen LogP contribution is -2.44. The Balaban J connectivity index is 2.03. The van der Waals surface area contributed by atoms with Crippen LogP contribution in [0.3, 0.4) is 0 Å². The SMILES string of the molecule is C[C@H]1CC[C@@H]2C[C@@]3(OC2(C)C)[C@@H]1CC[C@@H]3C=O. The van der Waals surface area contributed by atoms with E-state index in [1.54, 1.807) is 0 Å². The Kier molecular flexibility index (Phi) is 2.46. The van der Waals surface area contributed by atoms with Gasteiger partial charge in [-0.1, -0.05) is 6.92 Å². The molecule has 3 aliphatic rings. The predicted molar refractivity (Wildman–Crippen MR) is 66.7 cm³/mol. The van der Waals surface area contributed by atoms with E-state index >= 15 is 0 Å². The van der Waals surface area contributed by atoms with Gasteiger partial charge in [-0.2, -0.15) is 0 Å². The second-order valence-electron chi connectivity index (χ2n) is 7.04. The molecule has 0 amide bonds. The van der Waals surface area contributed by atoms with Crippen molar-refractivity contribution in [2.75, 3.05) is 0 Å². The molecule has 17 heavy (non-hydrogen) atoms. The number of rotatable bonds is 1. The molecule has 2 aliphatic carbocycles. The summed E-state index contributed by atoms with van der Waals surface area (Å²) in [5.41, 5.74) is -0.129. The van der Waals surface area contributed by atoms with Crippen LogP contribution < -0.4 is 0 Å². The molecule has 0 aromatic rings. The highest BCUT2D eigenvalue weighted by Crippen LogP contribution is 2.60. The minimum atomic E-state index is -0.105. The van der Waals surface area contributed by atoms with Gasteiger partial charge in [0, 0.05) is 5.92 Å². The van der Waals surface area contributed by atoms with E-state index in [9.17, 15) is 4.79 Å². The van der Waals surface area contributed by atoms with Crippen LogP contribution >= 0.6 is 0 Å². The minimum absolute atomic E-state index is 0.0238. The third kappa shape index (κ3) is 1.46. The van der Waals surface area contributed by atoms with Crippen LogP contribution in [0.2, 0.25) is 0 Å². The average molecular weight is 236 g/mol. The van der Waals surface area contributed by atoms with Crippen molar-refractivity contribution in [1.82, 2.24) is 0 Å². The van der Waals surface area contributed by atoms with Crippen molar-refractivity contribution in [3.63, 3.8) is 0 Å². The van der Waals surface area contributed by atoms with Crippen LogP contribution in [-0.2, 0) is 9.53 Å². The van der Waals surface area contributed by atoms with E-state index in [4.69, 9.17) is 4.74 Å². The van der Waals surface area contributed by atoms with Crippen LogP contribution in [0.5, 0.6) is 0 Å². The van der Waals surface area contributed by atoms with Crippen molar-refractivity contribution in [2.24, 2.45) is 23.7 Å². The zero-order valence-electron chi connectivity index (χ0n) is 11.2. The molecule has 0 unspecified atom stereocenters. The van der Waals surface area contributed by atoms with E-state index in [0.29, 0.717) is 11.8 Å². The maximum atomic E-state index is 11.4. The van der Waals surface area contributed by atoms with Crippen molar-refractivity contribution in [1.29, 1.82) is 0 Å². The van der Waals surface area contributed by atoms with E-state index < -0.39 is 0 Å². The Morgan fingerprint density at radius 2 is 1.94 bits per heavy atom. The lowest BCUT2D eigenvalue weighted by atomic mass is 9.77. The first-order chi connectivity index (χ1) is 7.99. The van der Waals surface area contributed by atoms with Crippen LogP contribution in [0, 0.1) is 23.7 Å². The molecule has 1 aliphatic heterocycles. The number of carbonyl (C=O) groups excluding carboxylic acids is 1. The van der Waals surface area contributed by atoms with Crippen LogP contribution in [0.25, 0.3) is 0 Å². The number of hydrogen-bond donors (Lipinski definition) is 0. The van der Waals surface area contributed by atoms with Crippen LogP contribution in [-0.4, -0.2) is 17.5 Å². The quantitative estimate of drug-likeness (QED) is 0.654. The van der Waals surface area contributed by atoms with Gasteiger partial charge >= 0.3 is 0 Å². The fourth-order valence-electron chi connectivity index (χ4n) is 4.89. The smallest absolute Gasteiger partial charge is 0.125 e. The van der Waals surface area contributed by atoms with E-state index in [2.05, 4.69) is 20.8 Å². The van der Waals surface area contributed by atoms with E-state index in [1.807, 2.05) is 0 Å². The van der Waals surface area contributed by atoms with Gasteiger partial charge in [-0.15, -0.1) is 0 Å². The van der Waals surface area contributed by atoms with Crippen LogP contribution in [0.1, 0.15) is 52.9 Å². The molecule has 0 aromatic heterocycles. The van der Waals surface area contributed by atoms with E-state index in [-0.39, 0.29) is 17.1 Å². The standard InChI is InChI=1S/C15H24O2/c1-10-4-5-11-8-15(17-14(11,2)3)12(9-16)6-7-13(10)15/h9-13H,4-8H2,1-3H3/t10-,11+,12+,13+,15-/m0/s1. The van der Waals surface area contributed by atoms with Crippen molar-refractivity contribution < 1.29 is 9.53 Å². The topological polar surface area (TPSA) is 26.3 Å². The molecule has 1 saturated heterocycles. The van der Waals surface area contributed by atoms with E-state index in [1.165, 1.54) is 25.5 Å². The highest BCUT2D eigenvalue weighted by molar-refractivity contribution is 5.57. The molecular formula is C15H24O2. The van der Waals surface area contributed by atoms with E-state index in [0.717, 1.165) is 18.8 Å². The summed E-state index contributed by atoms with van der Waals surface area (Å²) < 4.78 is 6.51. The monoisotopic (exact) mass is 236 g/mol. The minimum Gasteiger partial charge on any atom is -0.368 e. The Labute approximate surface area is 104 Å². The summed E-state index contributed by atoms with van der Waals surface area (Å²) in [6.07, 6.45) is 7.12. The molecule has 2 bridgehead atoms. The Morgan fingerprint density at radius 3 is 2.65 bits per heavy atom. The van der Waals surface area contributed by atoms with Crippen molar-refractivity contribution in [3.8, 4) is 0 Å². The summed E-state index contributed by atoms with van der Waals surface area (Å²) in [7, 11) is 0. The first-order valence-corrected chi connectivity index (χ1v) is 7.15. The lowest BCUT2D eigenvalue weighted by molar-refractivity contribution is -0.153. The zero-order valence-corrected chi connectivity index (χ0v) is 11.2. The second-order valence-corrected chi connectivity index (χ2v) is 7.04. The van der Waals surface area contributed by atoms with Gasteiger partial charge in [-0.25, -0.2) is 0 Å². The molecule has 5 atom stereocenters. The van der Waals surface area contributed by atoms with Gasteiger partial charge in [-0.3, -0.25) is 0 Å². The fraction of sp³-hybridized carbons (Fsp3) is 0.933. The van der Waals surface area contributed by atoms with Gasteiger partial charge in [0.2, 0.25) is 0 Å². The van der Waals surface area contributed by atoms with Gasteiger partial charge < -0.3 is 9.53 Å². The third-order valence-electron chi connectivity index (χ3n) is 5.87. The Hall–Kier alpha value is -0.370. The molecular weight excluding hydrogens is 212 g/mol. The zero-order chi connectivity index (χ0) is 12.3. The molecule has 3 fully saturated rings. The molecule has 0 N–H and O–H groups in total. The average Bonchev–Trinajstić information content (AvgIpc) is 2.68. The predicted octanol–water partition coefficient (Wildman–Crippen LogP) is 3.20. The van der Waals surface area contributed by atoms with Gasteiger partial charge in [0.1, 0.15) is 6.29 Å². The molecule has 96 valence electrons. The van der Waals surface area contributed by atoms with Crippen molar-refractivity contribution in [2.45, 2.75) is 64.1 Å². The molecule has 0 radical (unpaired) electrons. The number of ether oxygens (including phenoxy) is 1. The Bertz CT molecular complexity index is 336. The van der Waals surface area contributed by atoms with Crippen molar-refractivity contribution >= 4 is 6.29 Å². The highest BCUT2D eigenvalue weighted by atomic mass is 16.5. The maximum Gasteiger partial charge on any atom is 0.125 e. The lowest BCUT2D eigenvalue weighted by Gasteiger charge is -2.40. The summed E-state index contributed by atoms with van der Waals surface area (Å²) >= 11 is 0. The van der Waals surface area contributed by atoms with Gasteiger partial charge in [-0.05, 0) is 63.7 Å². The summed E-state index contributed by atoms with van der Waals surface area (Å²) in [6.45, 7) is 6.80. The molecule has 3 rings (SSSR count). The molecule has 1 spiro atoms. The van der Waals surface area contributed by atoms with Gasteiger partial charge in [0.05, 0.1) is 11.2 Å². The Morgan fingerprint density at radius 1 is 1.18 bits per heavy atom. The number of fused-ring (bicyclic) bond motifs is 1. The molecule has 0 aromatic carbocycles. The molecule has 2 saturated carbocycles. The third-order valence-corrected chi connectivity index (χ3v) is 5.87. The van der Waals surface area contributed by atoms with Gasteiger partial charge in [0.15, 0.2) is 0 Å². The van der Waals surface area contributed by atoms with Gasteiger partial charge in [0.25, 0.3) is 0 Å². The summed E-state index contributed by atoms with van der Waals surface area (Å²) in [5.74, 6) is 2.14. The largest absolute Gasteiger partial charge is 0.368 e. The first kappa shape index (κ1) is 11.7. The van der Waals surface area contributed by atoms with Crippen molar-refractivity contribution in [3.05, 3.63) is 0 Å². The second kappa shape index (κ2) is 3.57. The van der Waals surface area contributed by atoms with Crippen LogP contribution in [0.15, 0.2) is 0 Å². The summed E-state index contributed by atoms with van der Waals surface area (Å²) in [4.78, 5) is 11.4. The summed E-state index contributed by atoms with van der Waals surface area (Å²) in [5, 5.41) is 0. The number of aldehydes is 1. The number of carbonyl (C=O) groups is 1. The molecule has 2 heteroatoms. The highest BCUT2D eigenvalue weighted by Gasteiger charge is 2.62. The normalized spacial score (nSPS) is 51.9. The summed E-state index contributed by atoms with van der Waals surface area (Å²) in [6, 6.07) is 0. The number of hydrogen-bond acceptors (Lipinski definition) is 2. The maximum absolute atomic E-state index is 11.4. The first-order valence-electron chi connectivity index (χ1n) is 7.15. The molecule has 2 nitrogen and oxygen atoms in total.